The molecule has 2 heterocycles. The summed E-state index contributed by atoms with van der Waals surface area (Å²) in [6, 6.07) is 0. The van der Waals surface area contributed by atoms with Crippen LogP contribution in [0.4, 0.5) is 0 Å². The monoisotopic (exact) mass is 171 g/mol. The van der Waals surface area contributed by atoms with E-state index in [-0.39, 0.29) is 0 Å². The summed E-state index contributed by atoms with van der Waals surface area (Å²) < 4.78 is 27.4. The molecule has 0 radical (unpaired) electrons. The van der Waals surface area contributed by atoms with Crippen LogP contribution in [-0.4, -0.2) is 12.7 Å². The highest BCUT2D eigenvalue weighted by atomic mass is 32.2. The van der Waals surface area contributed by atoms with Crippen LogP contribution in [0.3, 0.4) is 0 Å². The van der Waals surface area contributed by atoms with Gasteiger partial charge in [-0.3, -0.25) is 0 Å². The molecule has 0 atom stereocenters. The van der Waals surface area contributed by atoms with Gasteiger partial charge in [-0.25, -0.2) is 4.31 Å². The molecule has 58 valence electrons. The maximum Gasteiger partial charge on any atom is 0.413 e. The first kappa shape index (κ1) is 6.48. The van der Waals surface area contributed by atoms with Crippen LogP contribution in [0.5, 0.6) is 0 Å². The lowest BCUT2D eigenvalue weighted by Crippen LogP contribution is -2.20. The second-order valence-corrected chi connectivity index (χ2v) is 3.53. The molecule has 0 unspecified atom stereocenters. The third-order valence-electron chi connectivity index (χ3n) is 1.39. The molecule has 0 spiro atoms. The van der Waals surface area contributed by atoms with Crippen molar-refractivity contribution < 1.29 is 12.6 Å². The van der Waals surface area contributed by atoms with Gasteiger partial charge in [-0.1, -0.05) is 6.08 Å². The number of fused-ring (bicyclic) bond motifs is 1. The van der Waals surface area contributed by atoms with Gasteiger partial charge >= 0.3 is 10.3 Å². The summed E-state index contributed by atoms with van der Waals surface area (Å²) in [5.41, 5.74) is 0.535. The standard InChI is InChI=1S/C6H5NO3S/c8-11(9)7-4-2-1-3-6(7)5-10-11/h1-5H. The molecule has 0 bridgehead atoms. The Morgan fingerprint density at radius 2 is 2.18 bits per heavy atom. The molecular formula is C6H5NO3S. The summed E-state index contributed by atoms with van der Waals surface area (Å²) in [5, 5.41) is 0. The smallest absolute Gasteiger partial charge is 0.372 e. The highest BCUT2D eigenvalue weighted by Gasteiger charge is 2.29. The van der Waals surface area contributed by atoms with Crippen molar-refractivity contribution in [2.75, 3.05) is 0 Å². The Kier molecular flexibility index (Phi) is 1.11. The molecule has 2 aliphatic rings. The van der Waals surface area contributed by atoms with Gasteiger partial charge in [-0.05, 0) is 12.2 Å². The van der Waals surface area contributed by atoms with E-state index in [0.29, 0.717) is 5.70 Å². The lowest BCUT2D eigenvalue weighted by Gasteiger charge is -2.12. The van der Waals surface area contributed by atoms with Crippen molar-refractivity contribution in [2.24, 2.45) is 0 Å². The van der Waals surface area contributed by atoms with Gasteiger partial charge in [0.05, 0.1) is 5.70 Å². The zero-order chi connectivity index (χ0) is 7.90. The minimum absolute atomic E-state index is 0.535. The van der Waals surface area contributed by atoms with Gasteiger partial charge in [0.2, 0.25) is 0 Å². The summed E-state index contributed by atoms with van der Waals surface area (Å²) in [7, 11) is -3.54. The minimum atomic E-state index is -3.54. The Hall–Kier alpha value is -1.23. The molecule has 0 fully saturated rings. The van der Waals surface area contributed by atoms with Crippen LogP contribution in [-0.2, 0) is 14.5 Å². The molecule has 0 aromatic heterocycles. The van der Waals surface area contributed by atoms with Crippen molar-refractivity contribution in [1.82, 2.24) is 4.31 Å². The largest absolute Gasteiger partial charge is 0.413 e. The van der Waals surface area contributed by atoms with Gasteiger partial charge in [-0.2, -0.15) is 8.42 Å². The second kappa shape index (κ2) is 1.88. The summed E-state index contributed by atoms with van der Waals surface area (Å²) in [6.45, 7) is 0. The van der Waals surface area contributed by atoms with Crippen molar-refractivity contribution in [3.8, 4) is 0 Å². The molecular weight excluding hydrogens is 166 g/mol. The first-order valence-electron chi connectivity index (χ1n) is 2.98. The van der Waals surface area contributed by atoms with Crippen LogP contribution < -0.4 is 0 Å². The Morgan fingerprint density at radius 1 is 1.36 bits per heavy atom. The molecule has 0 aliphatic carbocycles. The zero-order valence-electron chi connectivity index (χ0n) is 5.47. The average Bonchev–Trinajstić information content (AvgIpc) is 2.29. The van der Waals surface area contributed by atoms with Crippen LogP contribution in [0.2, 0.25) is 0 Å². The molecule has 2 aliphatic heterocycles. The number of hydrogen-bond acceptors (Lipinski definition) is 3. The van der Waals surface area contributed by atoms with Gasteiger partial charge in [0.1, 0.15) is 6.26 Å². The van der Waals surface area contributed by atoms with E-state index < -0.39 is 10.3 Å². The SMILES string of the molecule is O=S1(=O)OC=C2C=CC=CN21. The van der Waals surface area contributed by atoms with Crippen molar-refractivity contribution in [3.63, 3.8) is 0 Å². The highest BCUT2D eigenvalue weighted by Crippen LogP contribution is 2.24. The second-order valence-electron chi connectivity index (χ2n) is 2.09. The van der Waals surface area contributed by atoms with Crippen LogP contribution in [0, 0.1) is 0 Å². The van der Waals surface area contributed by atoms with Crippen molar-refractivity contribution in [2.45, 2.75) is 0 Å². The quantitative estimate of drug-likeness (QED) is 0.532. The molecule has 4 nitrogen and oxygen atoms in total. The lowest BCUT2D eigenvalue weighted by molar-refractivity contribution is 0.434. The number of nitrogens with zero attached hydrogens (tertiary/aromatic N) is 1. The zero-order valence-corrected chi connectivity index (χ0v) is 6.28. The first-order valence-corrected chi connectivity index (χ1v) is 4.34. The fourth-order valence-corrected chi connectivity index (χ4v) is 1.79. The Labute approximate surface area is 64.3 Å². The van der Waals surface area contributed by atoms with E-state index in [9.17, 15) is 8.42 Å². The molecule has 11 heavy (non-hydrogen) atoms. The summed E-state index contributed by atoms with van der Waals surface area (Å²) >= 11 is 0. The fraction of sp³-hybridized carbons (Fsp3) is 0. The third kappa shape index (κ3) is 0.848. The Bertz CT molecular complexity index is 363. The van der Waals surface area contributed by atoms with E-state index in [1.54, 1.807) is 18.2 Å². The van der Waals surface area contributed by atoms with E-state index in [1.165, 1.54) is 12.5 Å². The Morgan fingerprint density at radius 3 is 2.91 bits per heavy atom. The molecule has 0 N–H and O–H groups in total. The number of allylic oxidation sites excluding steroid dienone is 3. The van der Waals surface area contributed by atoms with E-state index in [2.05, 4.69) is 4.18 Å². The maximum atomic E-state index is 11.0. The van der Waals surface area contributed by atoms with Gasteiger partial charge in [0.25, 0.3) is 0 Å². The van der Waals surface area contributed by atoms with Gasteiger partial charge in [0.15, 0.2) is 0 Å². The summed E-state index contributed by atoms with van der Waals surface area (Å²) in [4.78, 5) is 0. The molecule has 0 saturated carbocycles. The van der Waals surface area contributed by atoms with Gasteiger partial charge in [0, 0.05) is 6.20 Å². The van der Waals surface area contributed by atoms with E-state index in [4.69, 9.17) is 0 Å². The van der Waals surface area contributed by atoms with Crippen LogP contribution in [0.15, 0.2) is 36.4 Å². The van der Waals surface area contributed by atoms with E-state index in [0.717, 1.165) is 4.31 Å². The molecule has 0 aromatic rings. The number of hydrogen-bond donors (Lipinski definition) is 0. The third-order valence-corrected chi connectivity index (χ3v) is 2.54. The molecule has 0 amide bonds. The maximum absolute atomic E-state index is 11.0. The molecule has 0 saturated heterocycles. The number of rotatable bonds is 0. The van der Waals surface area contributed by atoms with E-state index in [1.807, 2.05) is 0 Å². The summed E-state index contributed by atoms with van der Waals surface area (Å²) in [6.07, 6.45) is 7.67. The Balaban J connectivity index is 2.51. The molecule has 5 heteroatoms. The van der Waals surface area contributed by atoms with Crippen LogP contribution >= 0.6 is 0 Å². The topological polar surface area (TPSA) is 46.6 Å². The molecule has 0 aromatic carbocycles. The minimum Gasteiger partial charge on any atom is -0.372 e. The predicted octanol–water partition coefficient (Wildman–Crippen LogP) is 0.488. The van der Waals surface area contributed by atoms with Crippen molar-refractivity contribution in [1.29, 1.82) is 0 Å². The first-order chi connectivity index (χ1) is 5.20. The molecule has 2 rings (SSSR count). The fourth-order valence-electron chi connectivity index (χ4n) is 0.893. The van der Waals surface area contributed by atoms with Gasteiger partial charge < -0.3 is 4.18 Å². The average molecular weight is 171 g/mol. The normalized spacial score (nSPS) is 24.4. The highest BCUT2D eigenvalue weighted by molar-refractivity contribution is 7.84. The predicted molar refractivity (Wildman–Crippen MR) is 38.2 cm³/mol. The van der Waals surface area contributed by atoms with Gasteiger partial charge in [-0.15, -0.1) is 0 Å². The van der Waals surface area contributed by atoms with Crippen molar-refractivity contribution >= 4 is 10.3 Å². The van der Waals surface area contributed by atoms with Crippen LogP contribution in [0.1, 0.15) is 0 Å². The van der Waals surface area contributed by atoms with Crippen molar-refractivity contribution in [3.05, 3.63) is 36.4 Å². The van der Waals surface area contributed by atoms with Crippen LogP contribution in [0.25, 0.3) is 0 Å². The van der Waals surface area contributed by atoms with E-state index >= 15 is 0 Å². The summed E-state index contributed by atoms with van der Waals surface area (Å²) in [5.74, 6) is 0. The lowest BCUT2D eigenvalue weighted by atomic mass is 10.3.